The highest BCUT2D eigenvalue weighted by Gasteiger charge is 2.21. The van der Waals surface area contributed by atoms with Gasteiger partial charge in [0.05, 0.1) is 0 Å². The predicted octanol–water partition coefficient (Wildman–Crippen LogP) is 6.50. The number of aromatic hydroxyl groups is 3. The predicted molar refractivity (Wildman–Crippen MR) is 129 cm³/mol. The van der Waals surface area contributed by atoms with Crippen LogP contribution in [0.1, 0.15) is 50.4 Å². The van der Waals surface area contributed by atoms with Gasteiger partial charge in [0.1, 0.15) is 17.2 Å². The second kappa shape index (κ2) is 8.80. The Labute approximate surface area is 189 Å². The van der Waals surface area contributed by atoms with E-state index in [1.165, 1.54) is 22.3 Å². The molecule has 0 heterocycles. The first kappa shape index (κ1) is 21.5. The molecule has 0 bridgehead atoms. The van der Waals surface area contributed by atoms with Crippen molar-refractivity contribution in [1.82, 2.24) is 0 Å². The van der Waals surface area contributed by atoms with Crippen LogP contribution in [0.3, 0.4) is 0 Å². The molecular weight excluding hydrogens is 396 g/mol. The van der Waals surface area contributed by atoms with Crippen molar-refractivity contribution >= 4 is 0 Å². The molecule has 0 saturated carbocycles. The molecule has 4 aromatic carbocycles. The fourth-order valence-electron chi connectivity index (χ4n) is 4.29. The first-order valence-corrected chi connectivity index (χ1v) is 10.8. The van der Waals surface area contributed by atoms with E-state index >= 15 is 0 Å². The van der Waals surface area contributed by atoms with Gasteiger partial charge in [0.2, 0.25) is 0 Å². The molecule has 162 valence electrons. The molecule has 0 saturated heterocycles. The van der Waals surface area contributed by atoms with Crippen LogP contribution in [-0.2, 0) is 6.42 Å². The van der Waals surface area contributed by atoms with Gasteiger partial charge in [0.25, 0.3) is 0 Å². The minimum Gasteiger partial charge on any atom is -0.508 e. The lowest BCUT2D eigenvalue weighted by Gasteiger charge is -2.23. The van der Waals surface area contributed by atoms with E-state index in [-0.39, 0.29) is 17.4 Å². The van der Waals surface area contributed by atoms with Crippen molar-refractivity contribution < 1.29 is 15.3 Å². The van der Waals surface area contributed by atoms with Gasteiger partial charge in [0.15, 0.2) is 0 Å². The fourth-order valence-corrected chi connectivity index (χ4v) is 4.29. The Hall–Kier alpha value is -3.72. The number of rotatable bonds is 5. The maximum atomic E-state index is 10.1. The Morgan fingerprint density at radius 3 is 1.72 bits per heavy atom. The van der Waals surface area contributed by atoms with Gasteiger partial charge in [0, 0.05) is 5.92 Å². The lowest BCUT2D eigenvalue weighted by atomic mass is 9.80. The van der Waals surface area contributed by atoms with Gasteiger partial charge in [-0.2, -0.15) is 0 Å². The van der Waals surface area contributed by atoms with E-state index in [1.54, 1.807) is 24.3 Å². The van der Waals surface area contributed by atoms with Gasteiger partial charge in [-0.05, 0) is 96.5 Å². The maximum absolute atomic E-state index is 10.1. The van der Waals surface area contributed by atoms with Crippen molar-refractivity contribution in [2.24, 2.45) is 0 Å². The largest absolute Gasteiger partial charge is 0.508 e. The van der Waals surface area contributed by atoms with Crippen LogP contribution in [0.5, 0.6) is 17.2 Å². The minimum absolute atomic E-state index is 0.0513. The van der Waals surface area contributed by atoms with Gasteiger partial charge in [-0.1, -0.05) is 54.1 Å². The Bertz CT molecular complexity index is 1190. The molecule has 0 fully saturated rings. The smallest absolute Gasteiger partial charge is 0.118 e. The summed E-state index contributed by atoms with van der Waals surface area (Å²) in [5.41, 5.74) is 8.81. The minimum atomic E-state index is -0.0513. The van der Waals surface area contributed by atoms with Crippen LogP contribution < -0.4 is 0 Å². The van der Waals surface area contributed by atoms with Crippen LogP contribution in [0, 0.1) is 20.8 Å². The molecule has 0 aliphatic carbocycles. The van der Waals surface area contributed by atoms with Gasteiger partial charge < -0.3 is 15.3 Å². The fraction of sp³-hybridized carbons (Fsp3) is 0.172. The summed E-state index contributed by atoms with van der Waals surface area (Å²) in [4.78, 5) is 0. The third kappa shape index (κ3) is 4.47. The summed E-state index contributed by atoms with van der Waals surface area (Å²) in [5, 5.41) is 29.7. The molecule has 0 aliphatic heterocycles. The second-order valence-electron chi connectivity index (χ2n) is 8.56. The summed E-state index contributed by atoms with van der Waals surface area (Å²) in [6.07, 6.45) is 0.745. The van der Waals surface area contributed by atoms with E-state index in [9.17, 15) is 15.3 Å². The van der Waals surface area contributed by atoms with E-state index in [2.05, 4.69) is 31.2 Å². The Morgan fingerprint density at radius 2 is 1.16 bits per heavy atom. The van der Waals surface area contributed by atoms with Crippen molar-refractivity contribution in [3.63, 3.8) is 0 Å². The van der Waals surface area contributed by atoms with E-state index in [1.807, 2.05) is 44.2 Å². The molecule has 0 aromatic heterocycles. The molecule has 0 spiro atoms. The summed E-state index contributed by atoms with van der Waals surface area (Å²) in [5.74, 6) is 0.738. The molecule has 0 unspecified atom stereocenters. The SMILES string of the molecule is Cc1ccc(Cc2cc(C)c(O)cc2C)c(C(c2ccc(O)cc2)c2ccc(O)cc2)c1. The van der Waals surface area contributed by atoms with Gasteiger partial charge in [-0.3, -0.25) is 0 Å². The molecule has 32 heavy (non-hydrogen) atoms. The first-order valence-electron chi connectivity index (χ1n) is 10.8. The average Bonchev–Trinajstić information content (AvgIpc) is 2.76. The van der Waals surface area contributed by atoms with Crippen LogP contribution in [-0.4, -0.2) is 15.3 Å². The number of aryl methyl sites for hydroxylation is 3. The van der Waals surface area contributed by atoms with Crippen LogP contribution in [0.2, 0.25) is 0 Å². The number of hydrogen-bond donors (Lipinski definition) is 3. The quantitative estimate of drug-likeness (QED) is 0.321. The molecule has 3 heteroatoms. The van der Waals surface area contributed by atoms with Crippen LogP contribution in [0.25, 0.3) is 0 Å². The maximum Gasteiger partial charge on any atom is 0.118 e. The number of phenols is 3. The third-order valence-corrected chi connectivity index (χ3v) is 6.10. The van der Waals surface area contributed by atoms with E-state index in [0.29, 0.717) is 5.75 Å². The summed E-state index contributed by atoms with van der Waals surface area (Å²) < 4.78 is 0. The highest BCUT2D eigenvalue weighted by Crippen LogP contribution is 2.37. The molecule has 3 N–H and O–H groups in total. The van der Waals surface area contributed by atoms with Crippen molar-refractivity contribution in [1.29, 1.82) is 0 Å². The highest BCUT2D eigenvalue weighted by atomic mass is 16.3. The monoisotopic (exact) mass is 424 g/mol. The van der Waals surface area contributed by atoms with Gasteiger partial charge >= 0.3 is 0 Å². The van der Waals surface area contributed by atoms with Gasteiger partial charge in [-0.25, -0.2) is 0 Å². The standard InChI is InChI=1S/C29H28O3/c1-18-4-5-23(17-24-15-20(3)28(32)16-19(24)2)27(14-18)29(21-6-10-25(30)11-7-21)22-8-12-26(31)13-9-22/h4-16,29-32H,17H2,1-3H3. The Morgan fingerprint density at radius 1 is 0.594 bits per heavy atom. The summed E-state index contributed by atoms with van der Waals surface area (Å²) in [7, 11) is 0. The average molecular weight is 425 g/mol. The zero-order chi connectivity index (χ0) is 22.8. The molecule has 0 atom stereocenters. The third-order valence-electron chi connectivity index (χ3n) is 6.10. The molecular formula is C29H28O3. The Kier molecular flexibility index (Phi) is 5.91. The zero-order valence-electron chi connectivity index (χ0n) is 18.6. The Balaban J connectivity index is 1.88. The van der Waals surface area contributed by atoms with Crippen LogP contribution in [0.4, 0.5) is 0 Å². The van der Waals surface area contributed by atoms with E-state index < -0.39 is 0 Å². The van der Waals surface area contributed by atoms with Crippen molar-refractivity contribution in [2.75, 3.05) is 0 Å². The lowest BCUT2D eigenvalue weighted by molar-refractivity contribution is 0.470. The van der Waals surface area contributed by atoms with Crippen LogP contribution in [0.15, 0.2) is 78.9 Å². The highest BCUT2D eigenvalue weighted by molar-refractivity contribution is 5.51. The van der Waals surface area contributed by atoms with Gasteiger partial charge in [-0.15, -0.1) is 0 Å². The summed E-state index contributed by atoms with van der Waals surface area (Å²) in [6, 6.07) is 25.1. The number of phenolic OH excluding ortho intramolecular Hbond substituents is 3. The number of benzene rings is 4. The van der Waals surface area contributed by atoms with Crippen molar-refractivity contribution in [2.45, 2.75) is 33.1 Å². The molecule has 3 nitrogen and oxygen atoms in total. The van der Waals surface area contributed by atoms with Crippen molar-refractivity contribution in [3.05, 3.63) is 123 Å². The van der Waals surface area contributed by atoms with E-state index in [4.69, 9.17) is 0 Å². The normalized spacial score (nSPS) is 11.1. The first-order chi connectivity index (χ1) is 15.3. The summed E-state index contributed by atoms with van der Waals surface area (Å²) >= 11 is 0. The molecule has 0 radical (unpaired) electrons. The van der Waals surface area contributed by atoms with Crippen LogP contribution >= 0.6 is 0 Å². The van der Waals surface area contributed by atoms with E-state index in [0.717, 1.165) is 28.7 Å². The molecule has 0 amide bonds. The molecule has 4 rings (SSSR count). The second-order valence-corrected chi connectivity index (χ2v) is 8.56. The zero-order valence-corrected chi connectivity index (χ0v) is 18.6. The molecule has 0 aliphatic rings. The van der Waals surface area contributed by atoms with Crippen molar-refractivity contribution in [3.8, 4) is 17.2 Å². The lowest BCUT2D eigenvalue weighted by Crippen LogP contribution is -2.08. The molecule has 4 aromatic rings. The topological polar surface area (TPSA) is 60.7 Å². The summed E-state index contributed by atoms with van der Waals surface area (Å²) in [6.45, 7) is 6.04. The number of hydrogen-bond acceptors (Lipinski definition) is 3.